The Bertz CT molecular complexity index is 476. The molecule has 0 N–H and O–H groups in total. The summed E-state index contributed by atoms with van der Waals surface area (Å²) >= 11 is 0. The highest BCUT2D eigenvalue weighted by Gasteiger charge is 2.16. The minimum absolute atomic E-state index is 0.00241. The van der Waals surface area contributed by atoms with Crippen molar-refractivity contribution in [2.45, 2.75) is 6.42 Å². The van der Waals surface area contributed by atoms with E-state index in [4.69, 9.17) is 5.26 Å². The van der Waals surface area contributed by atoms with Gasteiger partial charge < -0.3 is 4.74 Å². The van der Waals surface area contributed by atoms with E-state index in [1.54, 1.807) is 0 Å². The Hall–Kier alpha value is -2.42. The van der Waals surface area contributed by atoms with E-state index in [0.717, 1.165) is 6.07 Å². The van der Waals surface area contributed by atoms with Crippen LogP contribution in [0.25, 0.3) is 0 Å². The summed E-state index contributed by atoms with van der Waals surface area (Å²) in [4.78, 5) is 21.2. The summed E-state index contributed by atoms with van der Waals surface area (Å²) < 4.78 is 4.49. The molecule has 0 aliphatic heterocycles. The maximum atomic E-state index is 11.3. The third-order valence-corrected chi connectivity index (χ3v) is 1.98. The van der Waals surface area contributed by atoms with Gasteiger partial charge in [0.1, 0.15) is 0 Å². The number of non-ortho nitro benzene ring substituents is 1. The normalized spacial score (nSPS) is 9.25. The molecule has 6 nitrogen and oxygen atoms in total. The molecule has 16 heavy (non-hydrogen) atoms. The number of nitro benzene ring substituents is 1. The molecule has 0 aromatic heterocycles. The number of rotatable bonds is 3. The Morgan fingerprint density at radius 2 is 2.31 bits per heavy atom. The van der Waals surface area contributed by atoms with Crippen molar-refractivity contribution >= 4 is 11.7 Å². The van der Waals surface area contributed by atoms with E-state index in [9.17, 15) is 14.9 Å². The summed E-state index contributed by atoms with van der Waals surface area (Å²) in [5.41, 5.74) is 0.264. The monoisotopic (exact) mass is 220 g/mol. The van der Waals surface area contributed by atoms with Crippen LogP contribution in [0.2, 0.25) is 0 Å². The zero-order chi connectivity index (χ0) is 12.1. The Labute approximate surface area is 91.2 Å². The largest absolute Gasteiger partial charge is 0.465 e. The van der Waals surface area contributed by atoms with Crippen molar-refractivity contribution in [3.05, 3.63) is 39.4 Å². The number of hydrogen-bond acceptors (Lipinski definition) is 5. The van der Waals surface area contributed by atoms with Crippen molar-refractivity contribution in [3.8, 4) is 6.07 Å². The molecule has 0 bridgehead atoms. The summed E-state index contributed by atoms with van der Waals surface area (Å²) in [5, 5.41) is 19.1. The second-order valence-corrected chi connectivity index (χ2v) is 2.93. The van der Waals surface area contributed by atoms with Gasteiger partial charge in [-0.05, 0) is 5.56 Å². The number of carbonyl (C=O) groups excluding carboxylic acids is 1. The number of carbonyl (C=O) groups is 1. The third kappa shape index (κ3) is 2.33. The first kappa shape index (κ1) is 11.7. The maximum absolute atomic E-state index is 11.3. The molecule has 82 valence electrons. The van der Waals surface area contributed by atoms with Gasteiger partial charge in [0.25, 0.3) is 5.69 Å². The standard InChI is InChI=1S/C10H8N2O4/c1-16-10(13)9-6-8(12(14)15)3-2-7(9)4-5-11/h2-3,6H,4H2,1H3. The number of nitro groups is 1. The third-order valence-electron chi connectivity index (χ3n) is 1.98. The van der Waals surface area contributed by atoms with Gasteiger partial charge in [0.05, 0.1) is 30.1 Å². The molecule has 1 aromatic rings. The molecule has 0 radical (unpaired) electrons. The zero-order valence-corrected chi connectivity index (χ0v) is 8.47. The highest BCUT2D eigenvalue weighted by Crippen LogP contribution is 2.19. The number of methoxy groups -OCH3 is 1. The van der Waals surface area contributed by atoms with Crippen LogP contribution in [-0.4, -0.2) is 18.0 Å². The summed E-state index contributed by atoms with van der Waals surface area (Å²) in [6.45, 7) is 0. The van der Waals surface area contributed by atoms with Gasteiger partial charge in [-0.1, -0.05) is 6.07 Å². The number of esters is 1. The molecule has 0 saturated heterocycles. The fourth-order valence-electron chi connectivity index (χ4n) is 1.22. The van der Waals surface area contributed by atoms with Crippen molar-refractivity contribution in [3.63, 3.8) is 0 Å². The van der Waals surface area contributed by atoms with Gasteiger partial charge in [-0.3, -0.25) is 10.1 Å². The van der Waals surface area contributed by atoms with Crippen LogP contribution in [0.5, 0.6) is 0 Å². The summed E-state index contributed by atoms with van der Waals surface area (Å²) in [6, 6.07) is 5.62. The van der Waals surface area contributed by atoms with E-state index >= 15 is 0 Å². The summed E-state index contributed by atoms with van der Waals surface area (Å²) in [7, 11) is 1.18. The molecule has 0 atom stereocenters. The van der Waals surface area contributed by atoms with Gasteiger partial charge in [-0.15, -0.1) is 0 Å². The van der Waals surface area contributed by atoms with Crippen LogP contribution in [0.15, 0.2) is 18.2 Å². The predicted octanol–water partition coefficient (Wildman–Crippen LogP) is 1.45. The van der Waals surface area contributed by atoms with Gasteiger partial charge in [-0.25, -0.2) is 4.79 Å². The predicted molar refractivity (Wildman–Crippen MR) is 53.8 cm³/mol. The first-order valence-electron chi connectivity index (χ1n) is 4.32. The Morgan fingerprint density at radius 1 is 1.62 bits per heavy atom. The van der Waals surface area contributed by atoms with Gasteiger partial charge >= 0.3 is 5.97 Å². The molecule has 0 unspecified atom stereocenters. The molecule has 0 spiro atoms. The summed E-state index contributed by atoms with van der Waals surface area (Å²) in [6.07, 6.45) is 0.00241. The first-order valence-corrected chi connectivity index (χ1v) is 4.32. The molecule has 0 amide bonds. The minimum Gasteiger partial charge on any atom is -0.465 e. The Balaban J connectivity index is 3.27. The van der Waals surface area contributed by atoms with Gasteiger partial charge in [0.2, 0.25) is 0 Å². The topological polar surface area (TPSA) is 93.2 Å². The van der Waals surface area contributed by atoms with Crippen molar-refractivity contribution < 1.29 is 14.5 Å². The second-order valence-electron chi connectivity index (χ2n) is 2.93. The molecule has 0 aliphatic rings. The van der Waals surface area contributed by atoms with Crippen molar-refractivity contribution in [1.82, 2.24) is 0 Å². The Morgan fingerprint density at radius 3 is 2.81 bits per heavy atom. The van der Waals surface area contributed by atoms with E-state index in [2.05, 4.69) is 4.74 Å². The second kappa shape index (κ2) is 4.89. The highest BCUT2D eigenvalue weighted by molar-refractivity contribution is 5.91. The molecule has 6 heteroatoms. The van der Waals surface area contributed by atoms with Crippen LogP contribution in [0.1, 0.15) is 15.9 Å². The molecule has 1 rings (SSSR count). The lowest BCUT2D eigenvalue weighted by Crippen LogP contribution is -2.06. The molecule has 1 aromatic carbocycles. The molecular formula is C10H8N2O4. The average molecular weight is 220 g/mol. The van der Waals surface area contributed by atoms with Crippen LogP contribution in [-0.2, 0) is 11.2 Å². The lowest BCUT2D eigenvalue weighted by atomic mass is 10.0. The van der Waals surface area contributed by atoms with E-state index in [1.807, 2.05) is 6.07 Å². The molecule has 0 heterocycles. The highest BCUT2D eigenvalue weighted by atomic mass is 16.6. The molecule has 0 fully saturated rings. The van der Waals surface area contributed by atoms with Crippen molar-refractivity contribution in [2.24, 2.45) is 0 Å². The Kier molecular flexibility index (Phi) is 3.56. The number of nitriles is 1. The zero-order valence-electron chi connectivity index (χ0n) is 8.47. The number of ether oxygens (including phenoxy) is 1. The first-order chi connectivity index (χ1) is 7.60. The lowest BCUT2D eigenvalue weighted by Gasteiger charge is -2.04. The van der Waals surface area contributed by atoms with E-state index < -0.39 is 10.9 Å². The SMILES string of the molecule is COC(=O)c1cc([N+](=O)[O-])ccc1CC#N. The smallest absolute Gasteiger partial charge is 0.338 e. The number of nitrogens with zero attached hydrogens (tertiary/aromatic N) is 2. The van der Waals surface area contributed by atoms with Gasteiger partial charge in [0.15, 0.2) is 0 Å². The summed E-state index contributed by atoms with van der Waals surface area (Å²) in [5.74, 6) is -0.686. The molecule has 0 aliphatic carbocycles. The van der Waals surface area contributed by atoms with E-state index in [1.165, 1.54) is 19.2 Å². The average Bonchev–Trinajstić information content (AvgIpc) is 2.28. The molecular weight excluding hydrogens is 212 g/mol. The van der Waals surface area contributed by atoms with Crippen LogP contribution < -0.4 is 0 Å². The minimum atomic E-state index is -0.686. The van der Waals surface area contributed by atoms with E-state index in [0.29, 0.717) is 5.56 Å². The van der Waals surface area contributed by atoms with Crippen LogP contribution in [0.3, 0.4) is 0 Å². The van der Waals surface area contributed by atoms with Gasteiger partial charge in [-0.2, -0.15) is 5.26 Å². The van der Waals surface area contributed by atoms with Crippen LogP contribution >= 0.6 is 0 Å². The fourth-order valence-corrected chi connectivity index (χ4v) is 1.22. The van der Waals surface area contributed by atoms with Crippen molar-refractivity contribution in [2.75, 3.05) is 7.11 Å². The van der Waals surface area contributed by atoms with Crippen LogP contribution in [0, 0.1) is 21.4 Å². The lowest BCUT2D eigenvalue weighted by molar-refractivity contribution is -0.384. The van der Waals surface area contributed by atoms with Gasteiger partial charge in [0, 0.05) is 12.1 Å². The quantitative estimate of drug-likeness (QED) is 0.436. The van der Waals surface area contributed by atoms with Crippen molar-refractivity contribution in [1.29, 1.82) is 5.26 Å². The number of benzene rings is 1. The fraction of sp³-hybridized carbons (Fsp3) is 0.200. The van der Waals surface area contributed by atoms with Crippen LogP contribution in [0.4, 0.5) is 5.69 Å². The van der Waals surface area contributed by atoms with E-state index in [-0.39, 0.29) is 17.7 Å². The number of hydrogen-bond donors (Lipinski definition) is 0. The maximum Gasteiger partial charge on any atom is 0.338 e. The molecule has 0 saturated carbocycles.